The minimum Gasteiger partial charge on any atom is -0.481 e. The summed E-state index contributed by atoms with van der Waals surface area (Å²) in [4.78, 5) is 34.1. The number of primary amides is 1. The van der Waals surface area contributed by atoms with Gasteiger partial charge in [-0.3, -0.25) is 9.59 Å². The Morgan fingerprint density at radius 1 is 1.37 bits per heavy atom. The number of aliphatic carboxylic acids is 1. The van der Waals surface area contributed by atoms with Crippen LogP contribution < -0.4 is 11.1 Å². The van der Waals surface area contributed by atoms with Gasteiger partial charge in [-0.2, -0.15) is 0 Å². The maximum absolute atomic E-state index is 11.8. The number of nitrogens with one attached hydrogen (secondary N) is 1. The molecule has 3 amide bonds. The van der Waals surface area contributed by atoms with Gasteiger partial charge in [0.15, 0.2) is 0 Å². The van der Waals surface area contributed by atoms with Crippen LogP contribution in [0.5, 0.6) is 0 Å². The molecule has 8 nitrogen and oxygen atoms in total. The van der Waals surface area contributed by atoms with Crippen molar-refractivity contribution >= 4 is 17.9 Å². The first-order valence-electron chi connectivity index (χ1n) is 5.97. The molecule has 0 aromatic heterocycles. The molecular formula is C11H21N3O5. The number of carboxylic acid groups (broad SMARTS) is 1. The summed E-state index contributed by atoms with van der Waals surface area (Å²) in [6.45, 7) is 3.93. The summed E-state index contributed by atoms with van der Waals surface area (Å²) in [5.41, 5.74) is 4.88. The highest BCUT2D eigenvalue weighted by atomic mass is 16.5. The molecule has 0 aliphatic heterocycles. The molecule has 4 N–H and O–H groups in total. The highest BCUT2D eigenvalue weighted by Gasteiger charge is 2.17. The third-order valence-electron chi connectivity index (χ3n) is 2.22. The Balaban J connectivity index is 3.98. The molecule has 0 aliphatic carbocycles. The summed E-state index contributed by atoms with van der Waals surface area (Å²) >= 11 is 0. The predicted octanol–water partition coefficient (Wildman–Crippen LogP) is -0.617. The van der Waals surface area contributed by atoms with Crippen molar-refractivity contribution in [2.45, 2.75) is 26.3 Å². The van der Waals surface area contributed by atoms with E-state index in [2.05, 4.69) is 5.32 Å². The number of ether oxygens (including phenoxy) is 1. The second-order valence-corrected chi connectivity index (χ2v) is 4.18. The Morgan fingerprint density at radius 3 is 2.47 bits per heavy atom. The molecule has 0 aromatic carbocycles. The quantitative estimate of drug-likeness (QED) is 0.484. The van der Waals surface area contributed by atoms with Gasteiger partial charge in [0.05, 0.1) is 13.0 Å². The van der Waals surface area contributed by atoms with Crippen LogP contribution in [0, 0.1) is 0 Å². The lowest BCUT2D eigenvalue weighted by molar-refractivity contribution is -0.137. The number of carbonyl (C=O) groups excluding carboxylic acids is 2. The number of rotatable bonds is 9. The number of amides is 3. The lowest BCUT2D eigenvalue weighted by Gasteiger charge is -2.26. The maximum Gasteiger partial charge on any atom is 0.317 e. The average Bonchev–Trinajstić information content (AvgIpc) is 2.27. The molecular weight excluding hydrogens is 254 g/mol. The lowest BCUT2D eigenvalue weighted by Crippen LogP contribution is -2.45. The number of nitrogens with zero attached hydrogens (tertiary/aromatic N) is 1. The molecule has 0 aliphatic rings. The average molecular weight is 275 g/mol. The van der Waals surface area contributed by atoms with Gasteiger partial charge < -0.3 is 25.8 Å². The van der Waals surface area contributed by atoms with E-state index in [0.29, 0.717) is 0 Å². The summed E-state index contributed by atoms with van der Waals surface area (Å²) in [5, 5.41) is 11.2. The minimum atomic E-state index is -0.955. The van der Waals surface area contributed by atoms with Gasteiger partial charge in [-0.25, -0.2) is 4.79 Å². The van der Waals surface area contributed by atoms with Crippen LogP contribution in [0.25, 0.3) is 0 Å². The molecule has 0 aromatic rings. The van der Waals surface area contributed by atoms with E-state index in [1.54, 1.807) is 13.8 Å². The smallest absolute Gasteiger partial charge is 0.317 e. The first kappa shape index (κ1) is 17.2. The molecule has 0 saturated heterocycles. The van der Waals surface area contributed by atoms with Crippen molar-refractivity contribution in [3.63, 3.8) is 0 Å². The fourth-order valence-corrected chi connectivity index (χ4v) is 1.31. The molecule has 0 fully saturated rings. The van der Waals surface area contributed by atoms with Gasteiger partial charge >= 0.3 is 12.0 Å². The molecule has 0 saturated carbocycles. The summed E-state index contributed by atoms with van der Waals surface area (Å²) in [5.74, 6) is -1.53. The lowest BCUT2D eigenvalue weighted by atomic mass is 10.3. The van der Waals surface area contributed by atoms with E-state index in [-0.39, 0.29) is 44.8 Å². The van der Waals surface area contributed by atoms with Crippen molar-refractivity contribution in [1.29, 1.82) is 0 Å². The Hall–Kier alpha value is -1.83. The first-order chi connectivity index (χ1) is 8.84. The van der Waals surface area contributed by atoms with E-state index >= 15 is 0 Å². The van der Waals surface area contributed by atoms with Gasteiger partial charge in [0.25, 0.3) is 0 Å². The molecule has 0 atom stereocenters. The first-order valence-corrected chi connectivity index (χ1v) is 5.97. The topological polar surface area (TPSA) is 122 Å². The largest absolute Gasteiger partial charge is 0.481 e. The van der Waals surface area contributed by atoms with Gasteiger partial charge in [0.1, 0.15) is 6.61 Å². The number of hydrogen-bond donors (Lipinski definition) is 3. The third kappa shape index (κ3) is 8.83. The van der Waals surface area contributed by atoms with Gasteiger partial charge in [0.2, 0.25) is 5.91 Å². The molecule has 0 spiro atoms. The van der Waals surface area contributed by atoms with Gasteiger partial charge in [-0.15, -0.1) is 0 Å². The Kier molecular flexibility index (Phi) is 8.27. The monoisotopic (exact) mass is 275 g/mol. The second-order valence-electron chi connectivity index (χ2n) is 4.18. The molecule has 0 bridgehead atoms. The number of carbonyl (C=O) groups is 3. The van der Waals surface area contributed by atoms with Crippen molar-refractivity contribution in [2.75, 3.05) is 26.3 Å². The van der Waals surface area contributed by atoms with E-state index in [1.165, 1.54) is 4.90 Å². The van der Waals surface area contributed by atoms with Gasteiger partial charge in [0, 0.05) is 19.1 Å². The molecule has 110 valence electrons. The summed E-state index contributed by atoms with van der Waals surface area (Å²) < 4.78 is 4.88. The van der Waals surface area contributed by atoms with Crippen LogP contribution in [-0.4, -0.2) is 60.3 Å². The van der Waals surface area contributed by atoms with E-state index in [9.17, 15) is 14.4 Å². The number of urea groups is 1. The fraction of sp³-hybridized carbons (Fsp3) is 0.727. The van der Waals surface area contributed by atoms with Crippen LogP contribution in [0.15, 0.2) is 0 Å². The Labute approximate surface area is 111 Å². The van der Waals surface area contributed by atoms with E-state index in [0.717, 1.165) is 0 Å². The zero-order valence-electron chi connectivity index (χ0n) is 11.2. The minimum absolute atomic E-state index is 0.106. The highest BCUT2D eigenvalue weighted by Crippen LogP contribution is 2.00. The van der Waals surface area contributed by atoms with Crippen molar-refractivity contribution in [3.8, 4) is 0 Å². The Morgan fingerprint density at radius 2 is 2.00 bits per heavy atom. The SMILES string of the molecule is CC(C)N(CCC(=O)O)C(=O)NCCOCC(N)=O. The van der Waals surface area contributed by atoms with Crippen LogP contribution in [-0.2, 0) is 14.3 Å². The third-order valence-corrected chi connectivity index (χ3v) is 2.22. The highest BCUT2D eigenvalue weighted by molar-refractivity contribution is 5.76. The molecule has 0 radical (unpaired) electrons. The summed E-state index contributed by atoms with van der Waals surface area (Å²) in [6, 6.07) is -0.468. The van der Waals surface area contributed by atoms with E-state index < -0.39 is 11.9 Å². The zero-order valence-corrected chi connectivity index (χ0v) is 11.2. The summed E-state index contributed by atoms with van der Waals surface area (Å²) in [7, 11) is 0. The molecule has 0 unspecified atom stereocenters. The number of nitrogens with two attached hydrogens (primary N) is 1. The van der Waals surface area contributed by atoms with Crippen molar-refractivity contribution in [1.82, 2.24) is 10.2 Å². The van der Waals surface area contributed by atoms with E-state index in [4.69, 9.17) is 15.6 Å². The van der Waals surface area contributed by atoms with Crippen LogP contribution in [0.4, 0.5) is 4.79 Å². The van der Waals surface area contributed by atoms with Gasteiger partial charge in [-0.1, -0.05) is 0 Å². The Bertz CT molecular complexity index is 319. The van der Waals surface area contributed by atoms with Crippen molar-refractivity contribution in [2.24, 2.45) is 5.73 Å². The molecule has 0 rings (SSSR count). The van der Waals surface area contributed by atoms with Crippen molar-refractivity contribution < 1.29 is 24.2 Å². The van der Waals surface area contributed by atoms with Crippen molar-refractivity contribution in [3.05, 3.63) is 0 Å². The fourth-order valence-electron chi connectivity index (χ4n) is 1.31. The van der Waals surface area contributed by atoms with E-state index in [1.807, 2.05) is 0 Å². The standard InChI is InChI=1S/C11H21N3O5/c1-8(2)14(5-3-10(16)17)11(18)13-4-6-19-7-9(12)15/h8H,3-7H2,1-2H3,(H2,12,15)(H,13,18)(H,16,17). The molecule has 19 heavy (non-hydrogen) atoms. The molecule has 8 heteroatoms. The summed E-state index contributed by atoms with van der Waals surface area (Å²) in [6.07, 6.45) is -0.107. The second kappa shape index (κ2) is 9.15. The number of carboxylic acids is 1. The predicted molar refractivity (Wildman–Crippen MR) is 67.5 cm³/mol. The maximum atomic E-state index is 11.8. The zero-order chi connectivity index (χ0) is 14.8. The molecule has 0 heterocycles. The van der Waals surface area contributed by atoms with Crippen LogP contribution in [0.1, 0.15) is 20.3 Å². The van der Waals surface area contributed by atoms with Gasteiger partial charge in [-0.05, 0) is 13.8 Å². The van der Waals surface area contributed by atoms with Crippen LogP contribution in [0.2, 0.25) is 0 Å². The number of hydrogen-bond acceptors (Lipinski definition) is 4. The van der Waals surface area contributed by atoms with Crippen LogP contribution in [0.3, 0.4) is 0 Å². The van der Waals surface area contributed by atoms with Crippen LogP contribution >= 0.6 is 0 Å². The normalized spacial score (nSPS) is 10.3.